The van der Waals surface area contributed by atoms with E-state index in [1.54, 1.807) is 7.05 Å². The van der Waals surface area contributed by atoms with Gasteiger partial charge in [0.25, 0.3) is 5.91 Å². The number of amides is 2. The molecule has 6 nitrogen and oxygen atoms in total. The summed E-state index contributed by atoms with van der Waals surface area (Å²) >= 11 is 0. The van der Waals surface area contributed by atoms with Crippen molar-refractivity contribution in [3.8, 4) is 0 Å². The third-order valence-electron chi connectivity index (χ3n) is 5.63. The highest BCUT2D eigenvalue weighted by Gasteiger charge is 2.58. The van der Waals surface area contributed by atoms with Crippen molar-refractivity contribution < 1.29 is 14.3 Å². The van der Waals surface area contributed by atoms with E-state index >= 15 is 0 Å². The Morgan fingerprint density at radius 1 is 1.38 bits per heavy atom. The molecule has 2 heterocycles. The molecule has 1 aromatic rings. The summed E-state index contributed by atoms with van der Waals surface area (Å²) in [5.74, 6) is -0.0579. The van der Waals surface area contributed by atoms with Crippen molar-refractivity contribution in [1.82, 2.24) is 10.2 Å². The average Bonchev–Trinajstić information content (AvgIpc) is 3.14. The summed E-state index contributed by atoms with van der Waals surface area (Å²) in [6.45, 7) is 5.17. The lowest BCUT2D eigenvalue weighted by molar-refractivity contribution is -0.126. The first-order valence-corrected chi connectivity index (χ1v) is 9.31. The fourth-order valence-electron chi connectivity index (χ4n) is 4.60. The van der Waals surface area contributed by atoms with Crippen LogP contribution in [0.1, 0.15) is 55.5 Å². The first kappa shape index (κ1) is 18.9. The van der Waals surface area contributed by atoms with E-state index in [-0.39, 0.29) is 29.9 Å². The van der Waals surface area contributed by atoms with Crippen LogP contribution in [-0.2, 0) is 16.1 Å². The van der Waals surface area contributed by atoms with Crippen molar-refractivity contribution in [2.45, 2.75) is 63.3 Å². The molecular formula is C20H29N3O3. The molecule has 3 rings (SSSR count). The summed E-state index contributed by atoms with van der Waals surface area (Å²) in [7, 11) is 1.63. The van der Waals surface area contributed by atoms with Crippen LogP contribution < -0.4 is 11.1 Å². The Bertz CT molecular complexity index is 703. The third-order valence-corrected chi connectivity index (χ3v) is 5.63. The van der Waals surface area contributed by atoms with E-state index in [9.17, 15) is 9.59 Å². The first-order chi connectivity index (χ1) is 12.3. The van der Waals surface area contributed by atoms with Gasteiger partial charge < -0.3 is 20.7 Å². The van der Waals surface area contributed by atoms with Crippen LogP contribution >= 0.6 is 0 Å². The predicted octanol–water partition coefficient (Wildman–Crippen LogP) is 1.82. The van der Waals surface area contributed by atoms with Gasteiger partial charge in [0.15, 0.2) is 0 Å². The molecule has 0 saturated carbocycles. The molecule has 2 amide bonds. The van der Waals surface area contributed by atoms with Gasteiger partial charge in [0.2, 0.25) is 5.91 Å². The van der Waals surface area contributed by atoms with Gasteiger partial charge in [-0.3, -0.25) is 9.59 Å². The van der Waals surface area contributed by atoms with Crippen molar-refractivity contribution >= 4 is 11.8 Å². The third kappa shape index (κ3) is 3.35. The van der Waals surface area contributed by atoms with Crippen LogP contribution in [0.5, 0.6) is 0 Å². The van der Waals surface area contributed by atoms with Crippen LogP contribution in [0.4, 0.5) is 0 Å². The molecule has 2 aliphatic rings. The summed E-state index contributed by atoms with van der Waals surface area (Å²) in [5, 5.41) is 2.68. The van der Waals surface area contributed by atoms with Crippen molar-refractivity contribution in [2.24, 2.45) is 5.73 Å². The van der Waals surface area contributed by atoms with Crippen LogP contribution in [-0.4, -0.2) is 47.6 Å². The molecule has 2 saturated heterocycles. The topological polar surface area (TPSA) is 84.7 Å². The fourth-order valence-corrected chi connectivity index (χ4v) is 4.60. The van der Waals surface area contributed by atoms with Gasteiger partial charge in [-0.05, 0) is 44.4 Å². The van der Waals surface area contributed by atoms with Crippen molar-refractivity contribution in [1.29, 1.82) is 0 Å². The number of carbonyl (C=O) groups is 2. The minimum absolute atomic E-state index is 0.000932. The largest absolute Gasteiger partial charge is 0.369 e. The van der Waals surface area contributed by atoms with Crippen LogP contribution in [0.2, 0.25) is 0 Å². The van der Waals surface area contributed by atoms with E-state index in [0.29, 0.717) is 18.7 Å². The van der Waals surface area contributed by atoms with E-state index in [2.05, 4.69) is 5.32 Å². The van der Waals surface area contributed by atoms with E-state index in [1.807, 2.05) is 43.0 Å². The first-order valence-electron chi connectivity index (χ1n) is 9.31. The molecule has 26 heavy (non-hydrogen) atoms. The van der Waals surface area contributed by atoms with Gasteiger partial charge in [0, 0.05) is 32.1 Å². The van der Waals surface area contributed by atoms with Crippen LogP contribution in [0.25, 0.3) is 0 Å². The Morgan fingerprint density at radius 2 is 2.15 bits per heavy atom. The highest BCUT2D eigenvalue weighted by molar-refractivity contribution is 5.95. The number of rotatable bonds is 4. The van der Waals surface area contributed by atoms with Crippen molar-refractivity contribution in [2.75, 3.05) is 13.6 Å². The SMILES string of the molecule is CNC(=O)C[C@@H]1OC(C)(C)C[C@]12CCCN2C(=O)c1cccc(CN)c1. The van der Waals surface area contributed by atoms with Gasteiger partial charge in [-0.25, -0.2) is 0 Å². The average molecular weight is 359 g/mol. The monoisotopic (exact) mass is 359 g/mol. The van der Waals surface area contributed by atoms with Crippen molar-refractivity contribution in [3.63, 3.8) is 0 Å². The number of nitrogens with two attached hydrogens (primary N) is 1. The molecule has 2 aliphatic heterocycles. The zero-order valence-corrected chi connectivity index (χ0v) is 15.9. The lowest BCUT2D eigenvalue weighted by atomic mass is 9.82. The molecule has 0 unspecified atom stereocenters. The number of nitrogens with zero attached hydrogens (tertiary/aromatic N) is 1. The van der Waals surface area contributed by atoms with Crippen LogP contribution in [0.3, 0.4) is 0 Å². The lowest BCUT2D eigenvalue weighted by Gasteiger charge is -2.39. The standard InChI is InChI=1S/C20H29N3O3/c1-19(2)13-20(16(26-19)11-17(24)22-3)8-5-9-23(20)18(25)15-7-4-6-14(10-15)12-21/h4,6-7,10,16H,5,8-9,11-13,21H2,1-3H3,(H,22,24)/t16-,20+/m0/s1. The predicted molar refractivity (Wildman–Crippen MR) is 99.6 cm³/mol. The maximum Gasteiger partial charge on any atom is 0.254 e. The summed E-state index contributed by atoms with van der Waals surface area (Å²) < 4.78 is 6.25. The van der Waals surface area contributed by atoms with E-state index in [4.69, 9.17) is 10.5 Å². The van der Waals surface area contributed by atoms with Gasteiger partial charge in [-0.2, -0.15) is 0 Å². The number of carbonyl (C=O) groups excluding carboxylic acids is 2. The Balaban J connectivity index is 1.93. The minimum Gasteiger partial charge on any atom is -0.369 e. The molecule has 2 atom stereocenters. The number of ether oxygens (including phenoxy) is 1. The van der Waals surface area contributed by atoms with E-state index in [1.165, 1.54) is 0 Å². The second-order valence-electron chi connectivity index (χ2n) is 7.99. The van der Waals surface area contributed by atoms with Gasteiger partial charge in [-0.15, -0.1) is 0 Å². The highest BCUT2D eigenvalue weighted by atomic mass is 16.5. The van der Waals surface area contributed by atoms with Crippen LogP contribution in [0.15, 0.2) is 24.3 Å². The Labute approximate surface area is 155 Å². The summed E-state index contributed by atoms with van der Waals surface area (Å²) in [6, 6.07) is 7.49. The second kappa shape index (κ2) is 7.00. The van der Waals surface area contributed by atoms with Gasteiger partial charge in [-0.1, -0.05) is 12.1 Å². The van der Waals surface area contributed by atoms with E-state index < -0.39 is 5.54 Å². The molecule has 1 aromatic carbocycles. The molecule has 0 radical (unpaired) electrons. The minimum atomic E-state index is -0.425. The number of hydrogen-bond donors (Lipinski definition) is 2. The number of benzene rings is 1. The van der Waals surface area contributed by atoms with Gasteiger partial charge in [0.1, 0.15) is 0 Å². The Morgan fingerprint density at radius 3 is 2.85 bits per heavy atom. The Kier molecular flexibility index (Phi) is 5.08. The maximum absolute atomic E-state index is 13.3. The number of nitrogens with one attached hydrogen (secondary N) is 1. The lowest BCUT2D eigenvalue weighted by Crippen LogP contribution is -2.53. The molecule has 0 aliphatic carbocycles. The molecular weight excluding hydrogens is 330 g/mol. The normalized spacial score (nSPS) is 27.1. The molecule has 2 fully saturated rings. The fraction of sp³-hybridized carbons (Fsp3) is 0.600. The number of hydrogen-bond acceptors (Lipinski definition) is 4. The summed E-state index contributed by atoms with van der Waals surface area (Å²) in [5.41, 5.74) is 6.53. The summed E-state index contributed by atoms with van der Waals surface area (Å²) in [4.78, 5) is 27.3. The molecule has 6 heteroatoms. The molecule has 0 bridgehead atoms. The maximum atomic E-state index is 13.3. The molecule has 0 aromatic heterocycles. The van der Waals surface area contributed by atoms with Crippen molar-refractivity contribution in [3.05, 3.63) is 35.4 Å². The quantitative estimate of drug-likeness (QED) is 0.859. The zero-order valence-electron chi connectivity index (χ0n) is 15.9. The smallest absolute Gasteiger partial charge is 0.254 e. The second-order valence-corrected chi connectivity index (χ2v) is 7.99. The molecule has 3 N–H and O–H groups in total. The molecule has 142 valence electrons. The number of likely N-dealkylation sites (tertiary alicyclic amines) is 1. The van der Waals surface area contributed by atoms with Gasteiger partial charge in [0.05, 0.1) is 23.7 Å². The van der Waals surface area contributed by atoms with Crippen LogP contribution in [0, 0.1) is 0 Å². The Hall–Kier alpha value is -1.92. The summed E-state index contributed by atoms with van der Waals surface area (Å²) in [6.07, 6.45) is 2.50. The zero-order chi connectivity index (χ0) is 18.9. The van der Waals surface area contributed by atoms with Gasteiger partial charge >= 0.3 is 0 Å². The van der Waals surface area contributed by atoms with E-state index in [0.717, 1.165) is 24.8 Å². The highest BCUT2D eigenvalue weighted by Crippen LogP contribution is 2.49. The molecule has 1 spiro atoms.